The summed E-state index contributed by atoms with van der Waals surface area (Å²) in [6.45, 7) is 5.93. The average molecular weight is 269 g/mol. The Morgan fingerprint density at radius 3 is 2.40 bits per heavy atom. The lowest BCUT2D eigenvalue weighted by atomic mass is 9.96. The fourth-order valence-corrected chi connectivity index (χ4v) is 2.22. The van der Waals surface area contributed by atoms with Crippen LogP contribution in [0.3, 0.4) is 0 Å². The molecule has 1 aromatic carbocycles. The van der Waals surface area contributed by atoms with Crippen LogP contribution < -0.4 is 0 Å². The van der Waals surface area contributed by atoms with Gasteiger partial charge in [-0.1, -0.05) is 24.3 Å². The summed E-state index contributed by atoms with van der Waals surface area (Å²) >= 11 is 0. The van der Waals surface area contributed by atoms with E-state index in [1.807, 2.05) is 50.4 Å². The molecule has 0 fully saturated rings. The van der Waals surface area contributed by atoms with E-state index in [0.717, 1.165) is 16.8 Å². The van der Waals surface area contributed by atoms with E-state index < -0.39 is 0 Å². The van der Waals surface area contributed by atoms with Crippen molar-refractivity contribution in [2.45, 2.75) is 26.7 Å². The fourth-order valence-electron chi connectivity index (χ4n) is 2.22. The topological polar surface area (TPSA) is 39.2 Å². The van der Waals surface area contributed by atoms with E-state index in [-0.39, 0.29) is 11.9 Å². The molecular weight excluding hydrogens is 250 g/mol. The van der Waals surface area contributed by atoms with Gasteiger partial charge >= 0.3 is 5.97 Å². The largest absolute Gasteiger partial charge is 0.469 e. The van der Waals surface area contributed by atoms with Gasteiger partial charge in [0.25, 0.3) is 0 Å². The van der Waals surface area contributed by atoms with Gasteiger partial charge < -0.3 is 4.74 Å². The molecule has 1 heterocycles. The van der Waals surface area contributed by atoms with E-state index in [9.17, 15) is 4.79 Å². The van der Waals surface area contributed by atoms with E-state index in [0.29, 0.717) is 0 Å². The van der Waals surface area contributed by atoms with Gasteiger partial charge in [0.2, 0.25) is 0 Å². The second kappa shape index (κ2) is 5.87. The lowest BCUT2D eigenvalue weighted by Crippen LogP contribution is -2.10. The highest BCUT2D eigenvalue weighted by Gasteiger charge is 2.15. The summed E-state index contributed by atoms with van der Waals surface area (Å²) in [5.74, 6) is -0.456. The Morgan fingerprint density at radius 1 is 1.15 bits per heavy atom. The van der Waals surface area contributed by atoms with E-state index in [1.165, 1.54) is 18.2 Å². The molecule has 3 heteroatoms. The Labute approximate surface area is 119 Å². The second-order valence-electron chi connectivity index (χ2n) is 4.94. The molecule has 2 rings (SSSR count). The molecule has 0 saturated heterocycles. The Morgan fingerprint density at radius 2 is 1.80 bits per heavy atom. The maximum absolute atomic E-state index is 11.5. The van der Waals surface area contributed by atoms with Gasteiger partial charge in [0.05, 0.1) is 13.0 Å². The summed E-state index contributed by atoms with van der Waals surface area (Å²) in [5.41, 5.74) is 5.49. The molecule has 0 aliphatic rings. The third kappa shape index (κ3) is 2.72. The van der Waals surface area contributed by atoms with Crippen molar-refractivity contribution >= 4 is 5.97 Å². The predicted molar refractivity (Wildman–Crippen MR) is 79.6 cm³/mol. The van der Waals surface area contributed by atoms with Crippen LogP contribution in [-0.4, -0.2) is 18.1 Å². The van der Waals surface area contributed by atoms with Gasteiger partial charge in [-0.2, -0.15) is 0 Å². The zero-order valence-electron chi connectivity index (χ0n) is 12.3. The van der Waals surface area contributed by atoms with Crippen molar-refractivity contribution in [1.29, 1.82) is 0 Å². The number of aryl methyl sites for hydroxylation is 1. The highest BCUT2D eigenvalue weighted by Crippen LogP contribution is 2.26. The molecule has 0 bridgehead atoms. The van der Waals surface area contributed by atoms with Crippen molar-refractivity contribution in [2.24, 2.45) is 0 Å². The van der Waals surface area contributed by atoms with Gasteiger partial charge in [-0.15, -0.1) is 0 Å². The van der Waals surface area contributed by atoms with E-state index in [2.05, 4.69) is 11.9 Å². The standard InChI is InChI=1S/C17H19NO2/c1-11-13(3)18-10-9-16(11)15-7-5-14(6-8-15)12(2)17(19)20-4/h5-10,12H,1-4H3. The van der Waals surface area contributed by atoms with Crippen LogP contribution in [0, 0.1) is 13.8 Å². The maximum atomic E-state index is 11.5. The summed E-state index contributed by atoms with van der Waals surface area (Å²) in [4.78, 5) is 15.8. The number of esters is 1. The molecular formula is C17H19NO2. The number of rotatable bonds is 3. The van der Waals surface area contributed by atoms with Crippen molar-refractivity contribution in [2.75, 3.05) is 7.11 Å². The van der Waals surface area contributed by atoms with Crippen LogP contribution in [-0.2, 0) is 9.53 Å². The fraction of sp³-hybridized carbons (Fsp3) is 0.294. The summed E-state index contributed by atoms with van der Waals surface area (Å²) < 4.78 is 4.77. The lowest BCUT2D eigenvalue weighted by Gasteiger charge is -2.12. The maximum Gasteiger partial charge on any atom is 0.312 e. The van der Waals surface area contributed by atoms with Crippen molar-refractivity contribution in [1.82, 2.24) is 4.98 Å². The molecule has 0 saturated carbocycles. The minimum Gasteiger partial charge on any atom is -0.469 e. The molecule has 0 N–H and O–H groups in total. The number of carbonyl (C=O) groups is 1. The SMILES string of the molecule is COC(=O)C(C)c1ccc(-c2ccnc(C)c2C)cc1. The van der Waals surface area contributed by atoms with Crippen LogP contribution in [0.1, 0.15) is 29.7 Å². The number of ether oxygens (including phenoxy) is 1. The molecule has 0 aliphatic heterocycles. The summed E-state index contributed by atoms with van der Waals surface area (Å²) in [7, 11) is 1.41. The lowest BCUT2D eigenvalue weighted by molar-refractivity contribution is -0.141. The number of methoxy groups -OCH3 is 1. The molecule has 0 amide bonds. The summed E-state index contributed by atoms with van der Waals surface area (Å²) in [6.07, 6.45) is 1.82. The average Bonchev–Trinajstić information content (AvgIpc) is 2.48. The quantitative estimate of drug-likeness (QED) is 0.798. The Hall–Kier alpha value is -2.16. The molecule has 0 radical (unpaired) electrons. The van der Waals surface area contributed by atoms with Gasteiger partial charge in [0, 0.05) is 11.9 Å². The number of benzene rings is 1. The Balaban J connectivity index is 2.33. The zero-order chi connectivity index (χ0) is 14.7. The molecule has 0 aliphatic carbocycles. The van der Waals surface area contributed by atoms with Crippen LogP contribution in [0.15, 0.2) is 36.5 Å². The van der Waals surface area contributed by atoms with Gasteiger partial charge in [-0.05, 0) is 49.1 Å². The van der Waals surface area contributed by atoms with Gasteiger partial charge in [0.1, 0.15) is 0 Å². The van der Waals surface area contributed by atoms with Crippen LogP contribution in [0.25, 0.3) is 11.1 Å². The van der Waals surface area contributed by atoms with Crippen LogP contribution in [0.2, 0.25) is 0 Å². The molecule has 1 aromatic heterocycles. The second-order valence-corrected chi connectivity index (χ2v) is 4.94. The predicted octanol–water partition coefficient (Wildman–Crippen LogP) is 3.64. The molecule has 2 aromatic rings. The smallest absolute Gasteiger partial charge is 0.312 e. The third-order valence-corrected chi connectivity index (χ3v) is 3.73. The highest BCUT2D eigenvalue weighted by atomic mass is 16.5. The first-order valence-electron chi connectivity index (χ1n) is 6.65. The van der Waals surface area contributed by atoms with Crippen LogP contribution in [0.5, 0.6) is 0 Å². The number of nitrogens with zero attached hydrogens (tertiary/aromatic N) is 1. The number of hydrogen-bond acceptors (Lipinski definition) is 3. The Kier molecular flexibility index (Phi) is 4.18. The first-order chi connectivity index (χ1) is 9.54. The number of aromatic nitrogens is 1. The van der Waals surface area contributed by atoms with Crippen molar-refractivity contribution in [3.63, 3.8) is 0 Å². The number of carbonyl (C=O) groups excluding carboxylic acids is 1. The molecule has 1 unspecified atom stereocenters. The number of pyridine rings is 1. The van der Waals surface area contributed by atoms with Gasteiger partial charge in [-0.3, -0.25) is 9.78 Å². The van der Waals surface area contributed by atoms with Gasteiger partial charge in [-0.25, -0.2) is 0 Å². The minimum atomic E-state index is -0.241. The normalized spacial score (nSPS) is 12.0. The van der Waals surface area contributed by atoms with Crippen molar-refractivity contribution < 1.29 is 9.53 Å². The van der Waals surface area contributed by atoms with Crippen LogP contribution >= 0.6 is 0 Å². The van der Waals surface area contributed by atoms with E-state index >= 15 is 0 Å². The highest BCUT2D eigenvalue weighted by molar-refractivity contribution is 5.78. The molecule has 104 valence electrons. The molecule has 0 spiro atoms. The Bertz CT molecular complexity index is 617. The molecule has 3 nitrogen and oxygen atoms in total. The van der Waals surface area contributed by atoms with Crippen molar-refractivity contribution in [3.05, 3.63) is 53.3 Å². The first kappa shape index (κ1) is 14.3. The van der Waals surface area contributed by atoms with E-state index in [4.69, 9.17) is 4.74 Å². The first-order valence-corrected chi connectivity index (χ1v) is 6.65. The minimum absolute atomic E-state index is 0.214. The van der Waals surface area contributed by atoms with E-state index in [1.54, 1.807) is 0 Å². The van der Waals surface area contributed by atoms with Crippen LogP contribution in [0.4, 0.5) is 0 Å². The monoisotopic (exact) mass is 269 g/mol. The third-order valence-electron chi connectivity index (χ3n) is 3.73. The number of hydrogen-bond donors (Lipinski definition) is 0. The summed E-state index contributed by atoms with van der Waals surface area (Å²) in [6, 6.07) is 10.0. The van der Waals surface area contributed by atoms with Gasteiger partial charge in [0.15, 0.2) is 0 Å². The van der Waals surface area contributed by atoms with Crippen molar-refractivity contribution in [3.8, 4) is 11.1 Å². The zero-order valence-corrected chi connectivity index (χ0v) is 12.3. The summed E-state index contributed by atoms with van der Waals surface area (Å²) in [5, 5.41) is 0. The molecule has 20 heavy (non-hydrogen) atoms. The molecule has 1 atom stereocenters.